The first kappa shape index (κ1) is 57.2. The molecule has 1 unspecified atom stereocenters. The molecule has 62 heavy (non-hydrogen) atoms. The minimum Gasteiger partial charge on any atom is -0.756 e. The van der Waals surface area contributed by atoms with Gasteiger partial charge in [0, 0.05) is 25.7 Å². The summed E-state index contributed by atoms with van der Waals surface area (Å²) in [4.78, 5) is 37.7. The van der Waals surface area contributed by atoms with Crippen LogP contribution in [0.1, 0.15) is 171 Å². The molecule has 1 aromatic heterocycles. The summed E-state index contributed by atoms with van der Waals surface area (Å²) in [5.74, 6) is 1.39. The molecule has 1 rings (SSSR count). The summed E-state index contributed by atoms with van der Waals surface area (Å²) in [5.41, 5.74) is 2.65. The number of hydrogen-bond acceptors (Lipinski definition) is 10. The molecule has 0 amide bonds. The van der Waals surface area contributed by atoms with Crippen LogP contribution in [0.25, 0.3) is 0 Å². The number of furan rings is 1. The molecular formula is C50H86NO10P. The van der Waals surface area contributed by atoms with Gasteiger partial charge in [-0.05, 0) is 103 Å². The fourth-order valence-corrected chi connectivity index (χ4v) is 7.28. The van der Waals surface area contributed by atoms with Crippen molar-refractivity contribution >= 4 is 19.8 Å². The van der Waals surface area contributed by atoms with Gasteiger partial charge in [0.15, 0.2) is 6.10 Å². The second-order valence-electron chi connectivity index (χ2n) is 17.6. The quantitative estimate of drug-likeness (QED) is 0.0223. The second-order valence-corrected chi connectivity index (χ2v) is 19.0. The van der Waals surface area contributed by atoms with Gasteiger partial charge in [0.1, 0.15) is 31.3 Å². The summed E-state index contributed by atoms with van der Waals surface area (Å²) in [7, 11) is 1.08. The Morgan fingerprint density at radius 1 is 0.694 bits per heavy atom. The number of carbonyl (C=O) groups excluding carboxylic acids is 2. The molecule has 0 radical (unpaired) electrons. The monoisotopic (exact) mass is 892 g/mol. The highest BCUT2D eigenvalue weighted by molar-refractivity contribution is 7.45. The smallest absolute Gasteiger partial charge is 0.306 e. The van der Waals surface area contributed by atoms with Crippen LogP contribution >= 0.6 is 7.82 Å². The summed E-state index contributed by atoms with van der Waals surface area (Å²) in [6.07, 6.45) is 36.7. The van der Waals surface area contributed by atoms with E-state index < -0.39 is 32.5 Å². The minimum absolute atomic E-state index is 0.0551. The molecule has 0 aromatic carbocycles. The molecular weight excluding hydrogens is 806 g/mol. The lowest BCUT2D eigenvalue weighted by atomic mass is 10.0. The number of aliphatic hydroxyl groups is 1. The Hall–Kier alpha value is -2.79. The molecule has 0 fully saturated rings. The van der Waals surface area contributed by atoms with E-state index in [0.717, 1.165) is 89.2 Å². The molecule has 0 saturated carbocycles. The van der Waals surface area contributed by atoms with Gasteiger partial charge in [-0.15, -0.1) is 0 Å². The highest BCUT2D eigenvalue weighted by atomic mass is 31.2. The van der Waals surface area contributed by atoms with E-state index in [0.29, 0.717) is 30.3 Å². The maximum absolute atomic E-state index is 12.7. The van der Waals surface area contributed by atoms with Crippen molar-refractivity contribution in [1.29, 1.82) is 0 Å². The summed E-state index contributed by atoms with van der Waals surface area (Å²) in [6.45, 7) is 8.00. The fourth-order valence-electron chi connectivity index (χ4n) is 6.55. The Morgan fingerprint density at radius 3 is 1.74 bits per heavy atom. The van der Waals surface area contributed by atoms with Crippen LogP contribution in [-0.4, -0.2) is 81.2 Å². The molecule has 0 spiro atoms. The van der Waals surface area contributed by atoms with Crippen LogP contribution in [0, 0.1) is 13.8 Å². The first-order valence-corrected chi connectivity index (χ1v) is 25.2. The van der Waals surface area contributed by atoms with Gasteiger partial charge >= 0.3 is 11.9 Å². The number of nitrogens with zero attached hydrogens (tertiary/aromatic N) is 1. The molecule has 0 aliphatic heterocycles. The van der Waals surface area contributed by atoms with E-state index in [4.69, 9.17) is 22.9 Å². The van der Waals surface area contributed by atoms with Gasteiger partial charge in [0.25, 0.3) is 7.82 Å². The van der Waals surface area contributed by atoms with Crippen molar-refractivity contribution in [2.24, 2.45) is 0 Å². The van der Waals surface area contributed by atoms with Crippen LogP contribution in [0.5, 0.6) is 0 Å². The number of likely N-dealkylation sites (N-methyl/N-ethyl adjacent to an activating group) is 1. The van der Waals surface area contributed by atoms with Crippen molar-refractivity contribution < 1.29 is 51.6 Å². The Balaban J connectivity index is 2.37. The zero-order valence-electron chi connectivity index (χ0n) is 39.9. The van der Waals surface area contributed by atoms with Gasteiger partial charge in [0.05, 0.1) is 33.9 Å². The van der Waals surface area contributed by atoms with E-state index in [1.807, 2.05) is 34.1 Å². The number of carbonyl (C=O) groups is 2. The SMILES string of the molecule is CCCCCc1oc(CCCCCCCCCCC(=O)OC[C@H](COP(=O)([O-])OCC[N+](C)(C)C)OC(=O)CCC/C=C\C/C=C\C/C=C\C/C=C\CCC[C@H](C)O)c(C)c1C. The average Bonchev–Trinajstić information content (AvgIpc) is 3.47. The van der Waals surface area contributed by atoms with Crippen molar-refractivity contribution in [3.05, 3.63) is 71.3 Å². The summed E-state index contributed by atoms with van der Waals surface area (Å²) in [6, 6.07) is 0. The lowest BCUT2D eigenvalue weighted by Gasteiger charge is -2.28. The van der Waals surface area contributed by atoms with Crippen LogP contribution in [-0.2, 0) is 45.5 Å². The maximum atomic E-state index is 12.7. The molecule has 0 aliphatic carbocycles. The minimum atomic E-state index is -4.66. The highest BCUT2D eigenvalue weighted by Gasteiger charge is 2.22. The van der Waals surface area contributed by atoms with Crippen LogP contribution in [0.15, 0.2) is 53.0 Å². The van der Waals surface area contributed by atoms with Gasteiger partial charge < -0.3 is 37.4 Å². The summed E-state index contributed by atoms with van der Waals surface area (Å²) >= 11 is 0. The van der Waals surface area contributed by atoms with Crippen molar-refractivity contribution in [2.45, 2.75) is 188 Å². The number of ether oxygens (including phenoxy) is 2. The van der Waals surface area contributed by atoms with Crippen molar-refractivity contribution in [3.63, 3.8) is 0 Å². The molecule has 11 nitrogen and oxygen atoms in total. The second kappa shape index (κ2) is 35.5. The molecule has 12 heteroatoms. The lowest BCUT2D eigenvalue weighted by Crippen LogP contribution is -2.37. The van der Waals surface area contributed by atoms with Gasteiger partial charge in [0.2, 0.25) is 0 Å². The predicted octanol–water partition coefficient (Wildman–Crippen LogP) is 11.5. The zero-order chi connectivity index (χ0) is 45.9. The molecule has 356 valence electrons. The lowest BCUT2D eigenvalue weighted by molar-refractivity contribution is -0.870. The van der Waals surface area contributed by atoms with Crippen LogP contribution in [0.3, 0.4) is 0 Å². The van der Waals surface area contributed by atoms with E-state index >= 15 is 0 Å². The number of esters is 2. The number of rotatable bonds is 39. The number of hydrogen-bond donors (Lipinski definition) is 1. The van der Waals surface area contributed by atoms with E-state index in [9.17, 15) is 24.2 Å². The molecule has 1 N–H and O–H groups in total. The number of allylic oxidation sites excluding steroid dienone is 8. The largest absolute Gasteiger partial charge is 0.756 e. The standard InChI is InChI=1S/C50H86NO10P/c1-8-9-29-35-47-44(3)45(4)48(61-47)36-31-26-22-19-20-23-27-32-37-49(53)57-41-46(42-59-62(55,56)58-40-39-51(5,6)7)60-50(54)38-33-28-24-18-16-14-12-10-11-13-15-17-21-25-30-34-43(2)52/h11-14,17-18,21,24,43,46,52H,8-10,15-16,19-20,22-23,25-42H2,1-7H3/b13-11-,14-12-,21-17-,24-18-/t43-,46+/m0/s1. The summed E-state index contributed by atoms with van der Waals surface area (Å²) < 4.78 is 40.1. The van der Waals surface area contributed by atoms with E-state index in [1.165, 1.54) is 49.0 Å². The Bertz CT molecular complexity index is 1490. The third-order valence-electron chi connectivity index (χ3n) is 10.6. The van der Waals surface area contributed by atoms with E-state index in [-0.39, 0.29) is 32.2 Å². The van der Waals surface area contributed by atoms with Gasteiger partial charge in [-0.2, -0.15) is 0 Å². The van der Waals surface area contributed by atoms with Crippen LogP contribution < -0.4 is 4.89 Å². The number of unbranched alkanes of at least 4 members (excludes halogenated alkanes) is 11. The molecule has 1 aromatic rings. The normalized spacial score (nSPS) is 14.4. The van der Waals surface area contributed by atoms with Gasteiger partial charge in [-0.1, -0.05) is 107 Å². The zero-order valence-corrected chi connectivity index (χ0v) is 40.8. The van der Waals surface area contributed by atoms with E-state index in [1.54, 1.807) is 0 Å². The predicted molar refractivity (Wildman–Crippen MR) is 250 cm³/mol. The Labute approximate surface area is 376 Å². The maximum Gasteiger partial charge on any atom is 0.306 e. The third kappa shape index (κ3) is 32.8. The summed E-state index contributed by atoms with van der Waals surface area (Å²) in [5, 5.41) is 9.29. The number of phosphoric ester groups is 1. The topological polar surface area (TPSA) is 145 Å². The number of aliphatic hydroxyl groups excluding tert-OH is 1. The number of phosphoric acid groups is 1. The first-order valence-electron chi connectivity index (χ1n) is 23.7. The first-order chi connectivity index (χ1) is 29.6. The Kier molecular flexibility index (Phi) is 32.8. The third-order valence-corrected chi connectivity index (χ3v) is 11.5. The van der Waals surface area contributed by atoms with E-state index in [2.05, 4.69) is 63.3 Å². The molecule has 0 saturated heterocycles. The Morgan fingerprint density at radius 2 is 1.19 bits per heavy atom. The van der Waals surface area contributed by atoms with Gasteiger partial charge in [-0.3, -0.25) is 14.2 Å². The van der Waals surface area contributed by atoms with Crippen molar-refractivity contribution in [2.75, 3.05) is 47.5 Å². The number of aryl methyl sites for hydroxylation is 2. The van der Waals surface area contributed by atoms with Crippen molar-refractivity contribution in [3.8, 4) is 0 Å². The fraction of sp³-hybridized carbons (Fsp3) is 0.720. The van der Waals surface area contributed by atoms with Crippen LogP contribution in [0.2, 0.25) is 0 Å². The molecule has 0 bridgehead atoms. The highest BCUT2D eigenvalue weighted by Crippen LogP contribution is 2.38. The molecule has 3 atom stereocenters. The van der Waals surface area contributed by atoms with Gasteiger partial charge in [-0.25, -0.2) is 0 Å². The molecule has 0 aliphatic rings. The van der Waals surface area contributed by atoms with Crippen LogP contribution in [0.4, 0.5) is 0 Å². The van der Waals surface area contributed by atoms with Crippen molar-refractivity contribution in [1.82, 2.24) is 0 Å². The molecule has 1 heterocycles. The number of quaternary nitrogens is 1. The average molecular weight is 892 g/mol.